The number of hydrogen-bond donors (Lipinski definition) is 0. The van der Waals surface area contributed by atoms with E-state index >= 15 is 0 Å². The zero-order valence-corrected chi connectivity index (χ0v) is 9.09. The lowest BCUT2D eigenvalue weighted by Gasteiger charge is -1.98. The summed E-state index contributed by atoms with van der Waals surface area (Å²) in [5.41, 5.74) is 0.739. The van der Waals surface area contributed by atoms with Crippen molar-refractivity contribution in [2.45, 2.75) is 0 Å². The lowest BCUT2D eigenvalue weighted by molar-refractivity contribution is 0.0721. The molecule has 0 aliphatic rings. The summed E-state index contributed by atoms with van der Waals surface area (Å²) < 4.78 is 6.51. The van der Waals surface area contributed by atoms with E-state index in [2.05, 4.69) is 20.1 Å². The number of imidazole rings is 1. The van der Waals surface area contributed by atoms with Crippen molar-refractivity contribution in [2.24, 2.45) is 0 Å². The fourth-order valence-corrected chi connectivity index (χ4v) is 1.41. The summed E-state index contributed by atoms with van der Waals surface area (Å²) in [7, 11) is 0. The van der Waals surface area contributed by atoms with Crippen LogP contribution in [0.5, 0.6) is 5.88 Å². The van der Waals surface area contributed by atoms with Crippen molar-refractivity contribution in [3.8, 4) is 5.88 Å². The summed E-state index contributed by atoms with van der Waals surface area (Å²) in [6.07, 6.45) is 7.38. The monoisotopic (exact) mass is 241 g/mol. The third-order valence-corrected chi connectivity index (χ3v) is 2.18. The second kappa shape index (κ2) is 4.21. The van der Waals surface area contributed by atoms with Gasteiger partial charge in [-0.05, 0) is 12.1 Å². The van der Waals surface area contributed by atoms with Gasteiger partial charge in [0, 0.05) is 18.6 Å². The Balaban J connectivity index is 1.88. The molecule has 0 saturated heterocycles. The van der Waals surface area contributed by atoms with Gasteiger partial charge in [-0.2, -0.15) is 5.10 Å². The minimum absolute atomic E-state index is 0.132. The van der Waals surface area contributed by atoms with Crippen LogP contribution in [0.4, 0.5) is 0 Å². The first-order chi connectivity index (χ1) is 8.83. The van der Waals surface area contributed by atoms with E-state index in [0.717, 1.165) is 0 Å². The molecule has 0 atom stereocenters. The SMILES string of the molecule is O=C(Oc1cnccn1)c1cn2ncccc2n1. The van der Waals surface area contributed by atoms with E-state index in [1.807, 2.05) is 0 Å². The summed E-state index contributed by atoms with van der Waals surface area (Å²) in [6.45, 7) is 0. The fourth-order valence-electron chi connectivity index (χ4n) is 1.41. The molecule has 3 aromatic heterocycles. The Bertz CT molecular complexity index is 662. The van der Waals surface area contributed by atoms with Crippen molar-refractivity contribution in [3.05, 3.63) is 48.8 Å². The Morgan fingerprint density at radius 1 is 1.28 bits per heavy atom. The molecule has 7 nitrogen and oxygen atoms in total. The van der Waals surface area contributed by atoms with Crippen LogP contribution in [0, 0.1) is 0 Å². The van der Waals surface area contributed by atoms with Crippen LogP contribution < -0.4 is 4.74 Å². The van der Waals surface area contributed by atoms with Gasteiger partial charge in [0.05, 0.1) is 12.4 Å². The maximum Gasteiger partial charge on any atom is 0.365 e. The Morgan fingerprint density at radius 2 is 2.22 bits per heavy atom. The molecule has 7 heteroatoms. The molecular formula is C11H7N5O2. The highest BCUT2D eigenvalue weighted by molar-refractivity contribution is 5.89. The summed E-state index contributed by atoms with van der Waals surface area (Å²) in [4.78, 5) is 23.5. The average molecular weight is 241 g/mol. The predicted octanol–water partition coefficient (Wildman–Crippen LogP) is 0.738. The third-order valence-electron chi connectivity index (χ3n) is 2.18. The number of rotatable bonds is 2. The van der Waals surface area contributed by atoms with E-state index in [1.54, 1.807) is 18.3 Å². The van der Waals surface area contributed by atoms with Gasteiger partial charge in [-0.3, -0.25) is 4.98 Å². The standard InChI is InChI=1S/C11H7N5O2/c17-11(18-10-6-12-4-5-13-10)8-7-16-9(15-8)2-1-3-14-16/h1-7H. The number of ether oxygens (including phenoxy) is 1. The number of fused-ring (bicyclic) bond motifs is 1. The van der Waals surface area contributed by atoms with Gasteiger partial charge in [0.15, 0.2) is 11.3 Å². The molecule has 0 fully saturated rings. The molecule has 0 aromatic carbocycles. The van der Waals surface area contributed by atoms with Gasteiger partial charge in [0.25, 0.3) is 0 Å². The molecule has 0 amide bonds. The second-order valence-electron chi connectivity index (χ2n) is 3.39. The molecule has 3 heterocycles. The third kappa shape index (κ3) is 1.88. The van der Waals surface area contributed by atoms with Crippen LogP contribution in [-0.4, -0.2) is 30.5 Å². The van der Waals surface area contributed by atoms with Crippen molar-refractivity contribution in [1.82, 2.24) is 24.6 Å². The molecule has 18 heavy (non-hydrogen) atoms. The van der Waals surface area contributed by atoms with Crippen LogP contribution in [-0.2, 0) is 0 Å². The van der Waals surface area contributed by atoms with Crippen molar-refractivity contribution in [2.75, 3.05) is 0 Å². The highest BCUT2D eigenvalue weighted by atomic mass is 16.5. The number of hydrogen-bond acceptors (Lipinski definition) is 6. The number of nitrogens with zero attached hydrogens (tertiary/aromatic N) is 5. The maximum atomic E-state index is 11.8. The Kier molecular flexibility index (Phi) is 2.41. The first kappa shape index (κ1) is 10.3. The zero-order valence-electron chi connectivity index (χ0n) is 9.09. The number of esters is 1. The quantitative estimate of drug-likeness (QED) is 0.615. The number of aromatic nitrogens is 5. The van der Waals surface area contributed by atoms with Gasteiger partial charge in [-0.15, -0.1) is 0 Å². The van der Waals surface area contributed by atoms with Crippen LogP contribution in [0.1, 0.15) is 10.5 Å². The number of carbonyl (C=O) groups is 1. The van der Waals surface area contributed by atoms with E-state index in [0.29, 0.717) is 5.65 Å². The molecule has 0 bridgehead atoms. The molecule has 3 aromatic rings. The summed E-state index contributed by atoms with van der Waals surface area (Å²) in [5, 5.41) is 4.01. The first-order valence-corrected chi connectivity index (χ1v) is 5.11. The molecule has 88 valence electrons. The topological polar surface area (TPSA) is 82.3 Å². The van der Waals surface area contributed by atoms with Gasteiger partial charge < -0.3 is 4.74 Å². The molecule has 0 saturated carbocycles. The molecular weight excluding hydrogens is 234 g/mol. The van der Waals surface area contributed by atoms with Crippen molar-refractivity contribution in [3.63, 3.8) is 0 Å². The van der Waals surface area contributed by atoms with E-state index in [-0.39, 0.29) is 11.6 Å². The molecule has 0 aliphatic carbocycles. The van der Waals surface area contributed by atoms with Crippen molar-refractivity contribution < 1.29 is 9.53 Å². The van der Waals surface area contributed by atoms with Crippen LogP contribution in [0.15, 0.2) is 43.1 Å². The normalized spacial score (nSPS) is 10.4. The van der Waals surface area contributed by atoms with E-state index in [9.17, 15) is 4.79 Å². The van der Waals surface area contributed by atoms with Gasteiger partial charge in [-0.25, -0.2) is 19.3 Å². The highest BCUT2D eigenvalue weighted by Crippen LogP contribution is 2.07. The number of carbonyl (C=O) groups excluding carboxylic acids is 1. The summed E-state index contributed by atoms with van der Waals surface area (Å²) in [6, 6.07) is 3.48. The van der Waals surface area contributed by atoms with E-state index in [4.69, 9.17) is 4.74 Å². The van der Waals surface area contributed by atoms with Crippen LogP contribution in [0.2, 0.25) is 0 Å². The van der Waals surface area contributed by atoms with Gasteiger partial charge in [0.2, 0.25) is 5.88 Å². The maximum absolute atomic E-state index is 11.8. The summed E-state index contributed by atoms with van der Waals surface area (Å²) in [5.74, 6) is -0.464. The lowest BCUT2D eigenvalue weighted by Crippen LogP contribution is -2.09. The predicted molar refractivity (Wildman–Crippen MR) is 60.0 cm³/mol. The van der Waals surface area contributed by atoms with Gasteiger partial charge >= 0.3 is 5.97 Å². The Morgan fingerprint density at radius 3 is 3.00 bits per heavy atom. The lowest BCUT2D eigenvalue weighted by atomic mass is 10.5. The molecule has 0 N–H and O–H groups in total. The van der Waals surface area contributed by atoms with Crippen LogP contribution >= 0.6 is 0 Å². The molecule has 0 spiro atoms. The minimum atomic E-state index is -0.596. The highest BCUT2D eigenvalue weighted by Gasteiger charge is 2.14. The molecule has 0 unspecified atom stereocenters. The fraction of sp³-hybridized carbons (Fsp3) is 0. The van der Waals surface area contributed by atoms with E-state index in [1.165, 1.54) is 29.3 Å². The minimum Gasteiger partial charge on any atom is -0.401 e. The van der Waals surface area contributed by atoms with Crippen molar-refractivity contribution in [1.29, 1.82) is 0 Å². The average Bonchev–Trinajstić information content (AvgIpc) is 2.84. The first-order valence-electron chi connectivity index (χ1n) is 5.11. The smallest absolute Gasteiger partial charge is 0.365 e. The van der Waals surface area contributed by atoms with E-state index < -0.39 is 5.97 Å². The molecule has 3 rings (SSSR count). The second-order valence-corrected chi connectivity index (χ2v) is 3.39. The van der Waals surface area contributed by atoms with Crippen LogP contribution in [0.25, 0.3) is 5.65 Å². The largest absolute Gasteiger partial charge is 0.401 e. The molecule has 0 radical (unpaired) electrons. The molecule has 0 aliphatic heterocycles. The Labute approximate surface area is 101 Å². The van der Waals surface area contributed by atoms with Gasteiger partial charge in [-0.1, -0.05) is 0 Å². The van der Waals surface area contributed by atoms with Crippen molar-refractivity contribution >= 4 is 11.6 Å². The van der Waals surface area contributed by atoms with Crippen LogP contribution in [0.3, 0.4) is 0 Å². The zero-order chi connectivity index (χ0) is 12.4. The Hall–Kier alpha value is -2.83. The summed E-state index contributed by atoms with van der Waals surface area (Å²) >= 11 is 0. The van der Waals surface area contributed by atoms with Gasteiger partial charge in [0.1, 0.15) is 0 Å².